The van der Waals surface area contributed by atoms with Gasteiger partial charge in [0.05, 0.1) is 16.6 Å². The summed E-state index contributed by atoms with van der Waals surface area (Å²) in [5, 5.41) is 10.7. The van der Waals surface area contributed by atoms with Gasteiger partial charge in [0.2, 0.25) is 0 Å². The Morgan fingerprint density at radius 3 is 2.80 bits per heavy atom. The van der Waals surface area contributed by atoms with Crippen LogP contribution in [0.3, 0.4) is 0 Å². The summed E-state index contributed by atoms with van der Waals surface area (Å²) in [6.45, 7) is 2.81. The molecule has 0 atom stereocenters. The number of aromatic nitrogens is 2. The Bertz CT molecular complexity index is 798. The fourth-order valence-electron chi connectivity index (χ4n) is 2.32. The molecule has 20 heavy (non-hydrogen) atoms. The van der Waals surface area contributed by atoms with E-state index in [1.165, 1.54) is 0 Å². The van der Waals surface area contributed by atoms with Gasteiger partial charge in [0.25, 0.3) is 0 Å². The molecule has 0 saturated carbocycles. The second-order valence-corrected chi connectivity index (χ2v) is 5.83. The largest absolute Gasteiger partial charge is 0.507 e. The van der Waals surface area contributed by atoms with Crippen LogP contribution in [0.4, 0.5) is 0 Å². The number of rotatable bonds is 2. The van der Waals surface area contributed by atoms with Gasteiger partial charge in [-0.3, -0.25) is 0 Å². The quantitative estimate of drug-likeness (QED) is 0.717. The molecular formula is C15H12BrClN2O. The maximum absolute atomic E-state index is 10.1. The van der Waals surface area contributed by atoms with Crippen molar-refractivity contribution in [1.29, 1.82) is 0 Å². The minimum absolute atomic E-state index is 0.212. The predicted octanol–water partition coefficient (Wildman–Crippen LogP) is 4.84. The lowest BCUT2D eigenvalue weighted by molar-refractivity contribution is 0.476. The average molecular weight is 352 g/mol. The van der Waals surface area contributed by atoms with E-state index in [9.17, 15) is 5.11 Å². The maximum atomic E-state index is 10.1. The number of nitrogens with zero attached hydrogens (tertiary/aromatic N) is 2. The van der Waals surface area contributed by atoms with Crippen molar-refractivity contribution in [1.82, 2.24) is 9.55 Å². The molecule has 0 radical (unpaired) electrons. The minimum atomic E-state index is 0.212. The van der Waals surface area contributed by atoms with Gasteiger partial charge < -0.3 is 9.67 Å². The first kappa shape index (κ1) is 13.5. The number of benzene rings is 2. The molecule has 0 amide bonds. The number of fused-ring (bicyclic) bond motifs is 1. The molecule has 0 fully saturated rings. The summed E-state index contributed by atoms with van der Waals surface area (Å²) >= 11 is 9.45. The normalized spacial score (nSPS) is 11.2. The second-order valence-electron chi connectivity index (χ2n) is 4.47. The molecule has 3 rings (SSSR count). The molecule has 0 unspecified atom stereocenters. The molecule has 102 valence electrons. The number of aromatic hydroxyl groups is 1. The summed E-state index contributed by atoms with van der Waals surface area (Å²) in [5.41, 5.74) is 2.54. The van der Waals surface area contributed by atoms with Gasteiger partial charge in [-0.15, -0.1) is 0 Å². The van der Waals surface area contributed by atoms with Crippen LogP contribution in [0.1, 0.15) is 6.92 Å². The van der Waals surface area contributed by atoms with Crippen molar-refractivity contribution < 1.29 is 5.11 Å². The number of phenols is 1. The molecule has 2 aromatic carbocycles. The third-order valence-electron chi connectivity index (χ3n) is 3.23. The fraction of sp³-hybridized carbons (Fsp3) is 0.133. The van der Waals surface area contributed by atoms with Crippen LogP contribution in [0.25, 0.3) is 22.4 Å². The molecule has 3 aromatic rings. The maximum Gasteiger partial charge on any atom is 0.144 e. The Labute approximate surface area is 130 Å². The minimum Gasteiger partial charge on any atom is -0.507 e. The van der Waals surface area contributed by atoms with Gasteiger partial charge in [0, 0.05) is 16.0 Å². The highest BCUT2D eigenvalue weighted by Gasteiger charge is 2.15. The first-order valence-corrected chi connectivity index (χ1v) is 7.42. The molecule has 1 heterocycles. The fourth-order valence-corrected chi connectivity index (χ4v) is 2.84. The summed E-state index contributed by atoms with van der Waals surface area (Å²) in [7, 11) is 0. The van der Waals surface area contributed by atoms with Crippen molar-refractivity contribution >= 4 is 38.6 Å². The van der Waals surface area contributed by atoms with Crippen molar-refractivity contribution in [3.05, 3.63) is 45.9 Å². The number of imidazole rings is 1. The lowest BCUT2D eigenvalue weighted by atomic mass is 10.2. The number of hydrogen-bond donors (Lipinski definition) is 1. The predicted molar refractivity (Wildman–Crippen MR) is 85.2 cm³/mol. The van der Waals surface area contributed by atoms with Crippen molar-refractivity contribution in [2.75, 3.05) is 0 Å². The van der Waals surface area contributed by atoms with E-state index in [0.29, 0.717) is 10.6 Å². The van der Waals surface area contributed by atoms with Crippen molar-refractivity contribution in [3.8, 4) is 17.1 Å². The SMILES string of the molecule is CCn1c(-c2cc(Br)ccc2O)nc2cc(Cl)ccc21. The molecule has 0 aliphatic rings. The monoisotopic (exact) mass is 350 g/mol. The molecule has 1 N–H and O–H groups in total. The van der Waals surface area contributed by atoms with Gasteiger partial charge in [-0.05, 0) is 43.3 Å². The van der Waals surface area contributed by atoms with Crippen LogP contribution in [0, 0.1) is 0 Å². The Morgan fingerprint density at radius 2 is 2.05 bits per heavy atom. The van der Waals surface area contributed by atoms with Crippen LogP contribution in [0.5, 0.6) is 5.75 Å². The smallest absolute Gasteiger partial charge is 0.144 e. The van der Waals surface area contributed by atoms with E-state index in [1.54, 1.807) is 12.1 Å². The molecule has 0 bridgehead atoms. The molecule has 1 aromatic heterocycles. The molecule has 3 nitrogen and oxygen atoms in total. The molecule has 0 saturated heterocycles. The summed E-state index contributed by atoms with van der Waals surface area (Å²) in [6.07, 6.45) is 0. The van der Waals surface area contributed by atoms with Gasteiger partial charge >= 0.3 is 0 Å². The van der Waals surface area contributed by atoms with E-state index in [4.69, 9.17) is 11.6 Å². The van der Waals surface area contributed by atoms with Gasteiger partial charge in [-0.1, -0.05) is 27.5 Å². The highest BCUT2D eigenvalue weighted by Crippen LogP contribution is 2.34. The highest BCUT2D eigenvalue weighted by atomic mass is 79.9. The van der Waals surface area contributed by atoms with Gasteiger partial charge in [-0.2, -0.15) is 0 Å². The van der Waals surface area contributed by atoms with Gasteiger partial charge in [-0.25, -0.2) is 4.98 Å². The number of hydrogen-bond acceptors (Lipinski definition) is 2. The molecule has 0 aliphatic carbocycles. The van der Waals surface area contributed by atoms with E-state index >= 15 is 0 Å². The zero-order valence-corrected chi connectivity index (χ0v) is 13.1. The highest BCUT2D eigenvalue weighted by molar-refractivity contribution is 9.10. The third-order valence-corrected chi connectivity index (χ3v) is 3.95. The zero-order chi connectivity index (χ0) is 14.3. The summed E-state index contributed by atoms with van der Waals surface area (Å²) in [5.74, 6) is 0.952. The topological polar surface area (TPSA) is 38.0 Å². The lowest BCUT2D eigenvalue weighted by Crippen LogP contribution is -1.97. The van der Waals surface area contributed by atoms with Crippen molar-refractivity contribution in [2.45, 2.75) is 13.5 Å². The third kappa shape index (κ3) is 2.19. The summed E-state index contributed by atoms with van der Waals surface area (Å²) in [6, 6.07) is 11.0. The first-order chi connectivity index (χ1) is 9.60. The lowest BCUT2D eigenvalue weighted by Gasteiger charge is -2.08. The zero-order valence-electron chi connectivity index (χ0n) is 10.8. The van der Waals surface area contributed by atoms with Crippen LogP contribution in [-0.4, -0.2) is 14.7 Å². The summed E-state index contributed by atoms with van der Waals surface area (Å²) in [4.78, 5) is 4.61. The van der Waals surface area contributed by atoms with Gasteiger partial charge in [0.15, 0.2) is 0 Å². The molecule has 0 spiro atoms. The van der Waals surface area contributed by atoms with E-state index in [0.717, 1.165) is 27.9 Å². The average Bonchev–Trinajstić information content (AvgIpc) is 2.78. The Kier molecular flexibility index (Phi) is 3.44. The number of halogens is 2. The Hall–Kier alpha value is -1.52. The van der Waals surface area contributed by atoms with Crippen LogP contribution in [0.2, 0.25) is 5.02 Å². The van der Waals surface area contributed by atoms with Crippen LogP contribution in [-0.2, 0) is 6.54 Å². The Morgan fingerprint density at radius 1 is 1.25 bits per heavy atom. The van der Waals surface area contributed by atoms with Crippen LogP contribution in [0.15, 0.2) is 40.9 Å². The number of aryl methyl sites for hydroxylation is 1. The standard InChI is InChI=1S/C15H12BrClN2O/c1-2-19-13-5-4-10(17)8-12(13)18-15(19)11-7-9(16)3-6-14(11)20/h3-8,20H,2H2,1H3. The van der Waals surface area contributed by atoms with E-state index in [1.807, 2.05) is 31.2 Å². The van der Waals surface area contributed by atoms with Crippen LogP contribution >= 0.6 is 27.5 Å². The van der Waals surface area contributed by atoms with E-state index < -0.39 is 0 Å². The van der Waals surface area contributed by atoms with E-state index in [-0.39, 0.29) is 5.75 Å². The number of phenolic OH excluding ortho intramolecular Hbond substituents is 1. The van der Waals surface area contributed by atoms with Gasteiger partial charge in [0.1, 0.15) is 11.6 Å². The van der Waals surface area contributed by atoms with Crippen molar-refractivity contribution in [3.63, 3.8) is 0 Å². The summed E-state index contributed by atoms with van der Waals surface area (Å²) < 4.78 is 2.96. The van der Waals surface area contributed by atoms with Crippen LogP contribution < -0.4 is 0 Å². The Balaban J connectivity index is 2.32. The van der Waals surface area contributed by atoms with E-state index in [2.05, 4.69) is 25.5 Å². The molecular weight excluding hydrogens is 340 g/mol. The van der Waals surface area contributed by atoms with Crippen molar-refractivity contribution in [2.24, 2.45) is 0 Å². The molecule has 5 heteroatoms. The molecule has 0 aliphatic heterocycles. The first-order valence-electron chi connectivity index (χ1n) is 6.25. The second kappa shape index (κ2) is 5.11.